The Morgan fingerprint density at radius 1 is 1.04 bits per heavy atom. The van der Waals surface area contributed by atoms with Crippen molar-refractivity contribution in [1.29, 1.82) is 0 Å². The highest BCUT2D eigenvalue weighted by Crippen LogP contribution is 2.45. The largest absolute Gasteiger partial charge is 0.302 e. The van der Waals surface area contributed by atoms with Crippen LogP contribution in [0, 0.1) is 5.41 Å². The van der Waals surface area contributed by atoms with E-state index in [1.54, 1.807) is 0 Å². The van der Waals surface area contributed by atoms with Crippen molar-refractivity contribution in [2.24, 2.45) is 5.41 Å². The van der Waals surface area contributed by atoms with E-state index in [-0.39, 0.29) is 0 Å². The lowest BCUT2D eigenvalue weighted by molar-refractivity contribution is 0.0134. The van der Waals surface area contributed by atoms with Gasteiger partial charge in [0, 0.05) is 32.3 Å². The van der Waals surface area contributed by atoms with E-state index >= 15 is 0 Å². The Morgan fingerprint density at radius 3 is 2.54 bits per heavy atom. The molecule has 2 saturated heterocycles. The van der Waals surface area contributed by atoms with Crippen LogP contribution in [0.25, 0.3) is 0 Å². The van der Waals surface area contributed by atoms with Crippen molar-refractivity contribution >= 4 is 0 Å². The van der Waals surface area contributed by atoms with Crippen LogP contribution < -0.4 is 0 Å². The van der Waals surface area contributed by atoms with E-state index in [2.05, 4.69) is 65.0 Å². The summed E-state index contributed by atoms with van der Waals surface area (Å²) in [6, 6.07) is 13.3. The van der Waals surface area contributed by atoms with Gasteiger partial charge in [0.25, 0.3) is 0 Å². The normalized spacial score (nSPS) is 23.1. The molecule has 4 nitrogen and oxygen atoms in total. The number of aryl methyl sites for hydroxylation is 1. The zero-order valence-corrected chi connectivity index (χ0v) is 17.5. The average molecular weight is 379 g/mol. The summed E-state index contributed by atoms with van der Waals surface area (Å²) < 4.78 is 0. The summed E-state index contributed by atoms with van der Waals surface area (Å²) in [6.07, 6.45) is 6.77. The van der Waals surface area contributed by atoms with Gasteiger partial charge in [-0.25, -0.2) is 9.97 Å². The van der Waals surface area contributed by atoms with Crippen molar-refractivity contribution in [1.82, 2.24) is 19.8 Å². The van der Waals surface area contributed by atoms with Gasteiger partial charge < -0.3 is 4.90 Å². The molecule has 1 aromatic carbocycles. The van der Waals surface area contributed by atoms with Gasteiger partial charge in [0.05, 0.1) is 5.69 Å². The zero-order chi connectivity index (χ0) is 19.4. The van der Waals surface area contributed by atoms with Gasteiger partial charge in [0.15, 0.2) is 0 Å². The quantitative estimate of drug-likeness (QED) is 0.783. The highest BCUT2D eigenvalue weighted by Gasteiger charge is 2.41. The Hall–Kier alpha value is -1.78. The lowest BCUT2D eigenvalue weighted by atomic mass is 9.68. The molecule has 1 unspecified atom stereocenters. The number of likely N-dealkylation sites (tertiary alicyclic amines) is 2. The number of piperidine rings is 2. The summed E-state index contributed by atoms with van der Waals surface area (Å²) in [5.74, 6) is 1.64. The van der Waals surface area contributed by atoms with E-state index in [9.17, 15) is 0 Å². The lowest BCUT2D eigenvalue weighted by Gasteiger charge is -2.50. The van der Waals surface area contributed by atoms with Crippen LogP contribution in [-0.2, 0) is 13.0 Å². The van der Waals surface area contributed by atoms with Crippen LogP contribution in [0.2, 0.25) is 0 Å². The maximum atomic E-state index is 4.71. The molecule has 0 amide bonds. The standard InChI is InChI=1S/C24H34N4/c1-3-23-25-13-10-22(26-23)18-28-14-11-24(12-15-28)16-21(17-27(4-2)19-24)20-8-6-5-7-9-20/h5-10,13,21H,3-4,11-12,14-19H2,1-2H3. The van der Waals surface area contributed by atoms with Gasteiger partial charge in [0.2, 0.25) is 0 Å². The predicted octanol–water partition coefficient (Wildman–Crippen LogP) is 4.13. The summed E-state index contributed by atoms with van der Waals surface area (Å²) in [4.78, 5) is 14.3. The third kappa shape index (κ3) is 4.44. The van der Waals surface area contributed by atoms with Crippen LogP contribution >= 0.6 is 0 Å². The van der Waals surface area contributed by atoms with Crippen LogP contribution in [0.1, 0.15) is 56.1 Å². The molecule has 2 aliphatic rings. The van der Waals surface area contributed by atoms with E-state index < -0.39 is 0 Å². The fourth-order valence-corrected chi connectivity index (χ4v) is 5.17. The second-order valence-electron chi connectivity index (χ2n) is 8.73. The Labute approximate surface area is 170 Å². The first-order chi connectivity index (χ1) is 13.7. The Kier molecular flexibility index (Phi) is 6.07. The van der Waals surface area contributed by atoms with Crippen LogP contribution in [-0.4, -0.2) is 52.5 Å². The van der Waals surface area contributed by atoms with Crippen molar-refractivity contribution in [2.45, 2.75) is 52.0 Å². The molecule has 2 aromatic rings. The SMILES string of the molecule is CCc1nccc(CN2CCC3(CC2)CC(c2ccccc2)CN(CC)C3)n1. The molecule has 3 heterocycles. The second kappa shape index (κ2) is 8.71. The fraction of sp³-hybridized carbons (Fsp3) is 0.583. The summed E-state index contributed by atoms with van der Waals surface area (Å²) in [7, 11) is 0. The van der Waals surface area contributed by atoms with Gasteiger partial charge in [-0.3, -0.25) is 4.90 Å². The molecule has 150 valence electrons. The minimum absolute atomic E-state index is 0.478. The van der Waals surface area contributed by atoms with E-state index in [1.165, 1.54) is 56.7 Å². The van der Waals surface area contributed by atoms with Crippen LogP contribution in [0.3, 0.4) is 0 Å². The molecule has 0 saturated carbocycles. The third-order valence-electron chi connectivity index (χ3n) is 6.82. The second-order valence-corrected chi connectivity index (χ2v) is 8.73. The van der Waals surface area contributed by atoms with Gasteiger partial charge in [-0.05, 0) is 61.9 Å². The van der Waals surface area contributed by atoms with Crippen LogP contribution in [0.4, 0.5) is 0 Å². The summed E-state index contributed by atoms with van der Waals surface area (Å²) in [6.45, 7) is 11.4. The first-order valence-electron chi connectivity index (χ1n) is 11.0. The molecule has 0 bridgehead atoms. The number of aromatic nitrogens is 2. The molecule has 2 aliphatic heterocycles. The number of hydrogen-bond donors (Lipinski definition) is 0. The van der Waals surface area contributed by atoms with Gasteiger partial charge in [0.1, 0.15) is 5.82 Å². The first-order valence-corrected chi connectivity index (χ1v) is 11.0. The maximum absolute atomic E-state index is 4.71. The molecule has 1 atom stereocenters. The van der Waals surface area contributed by atoms with Crippen molar-refractivity contribution in [3.8, 4) is 0 Å². The van der Waals surface area contributed by atoms with Crippen LogP contribution in [0.5, 0.6) is 0 Å². The van der Waals surface area contributed by atoms with E-state index in [4.69, 9.17) is 4.98 Å². The predicted molar refractivity (Wildman–Crippen MR) is 114 cm³/mol. The molecule has 28 heavy (non-hydrogen) atoms. The molecule has 4 heteroatoms. The van der Waals surface area contributed by atoms with Gasteiger partial charge in [-0.1, -0.05) is 44.2 Å². The summed E-state index contributed by atoms with van der Waals surface area (Å²) in [5.41, 5.74) is 3.17. The average Bonchev–Trinajstić information content (AvgIpc) is 2.76. The molecule has 0 aliphatic carbocycles. The minimum atomic E-state index is 0.478. The first kappa shape index (κ1) is 19.5. The summed E-state index contributed by atoms with van der Waals surface area (Å²) >= 11 is 0. The summed E-state index contributed by atoms with van der Waals surface area (Å²) in [5, 5.41) is 0. The number of likely N-dealkylation sites (N-methyl/N-ethyl adjacent to an activating group) is 1. The van der Waals surface area contributed by atoms with E-state index in [0.29, 0.717) is 11.3 Å². The highest BCUT2D eigenvalue weighted by atomic mass is 15.2. The smallest absolute Gasteiger partial charge is 0.128 e. The van der Waals surface area contributed by atoms with Gasteiger partial charge >= 0.3 is 0 Å². The molecule has 1 spiro atoms. The molecule has 2 fully saturated rings. The molecule has 4 rings (SSSR count). The van der Waals surface area contributed by atoms with Crippen molar-refractivity contribution in [2.75, 3.05) is 32.7 Å². The Balaban J connectivity index is 1.41. The van der Waals surface area contributed by atoms with Crippen LogP contribution in [0.15, 0.2) is 42.6 Å². The van der Waals surface area contributed by atoms with Crippen molar-refractivity contribution in [3.05, 3.63) is 59.7 Å². The Bertz CT molecular complexity index is 752. The molecule has 0 N–H and O–H groups in total. The molecule has 0 radical (unpaired) electrons. The lowest BCUT2D eigenvalue weighted by Crippen LogP contribution is -2.51. The van der Waals surface area contributed by atoms with E-state index in [0.717, 1.165) is 25.3 Å². The Morgan fingerprint density at radius 2 is 1.82 bits per heavy atom. The van der Waals surface area contributed by atoms with Gasteiger partial charge in [-0.2, -0.15) is 0 Å². The number of benzene rings is 1. The molecule has 1 aromatic heterocycles. The maximum Gasteiger partial charge on any atom is 0.128 e. The number of nitrogens with zero attached hydrogens (tertiary/aromatic N) is 4. The van der Waals surface area contributed by atoms with Crippen molar-refractivity contribution < 1.29 is 0 Å². The third-order valence-corrected chi connectivity index (χ3v) is 6.82. The topological polar surface area (TPSA) is 32.3 Å². The number of rotatable bonds is 5. The van der Waals surface area contributed by atoms with Crippen molar-refractivity contribution in [3.63, 3.8) is 0 Å². The molecular weight excluding hydrogens is 344 g/mol. The number of hydrogen-bond acceptors (Lipinski definition) is 4. The molecular formula is C24H34N4. The monoisotopic (exact) mass is 378 g/mol. The highest BCUT2D eigenvalue weighted by molar-refractivity contribution is 5.21. The van der Waals surface area contributed by atoms with E-state index in [1.807, 2.05) is 6.20 Å². The zero-order valence-electron chi connectivity index (χ0n) is 17.5. The minimum Gasteiger partial charge on any atom is -0.302 e. The van der Waals surface area contributed by atoms with Gasteiger partial charge in [-0.15, -0.1) is 0 Å². The fourth-order valence-electron chi connectivity index (χ4n) is 5.17.